The van der Waals surface area contributed by atoms with Crippen molar-refractivity contribution in [1.82, 2.24) is 9.80 Å². The molecule has 0 aliphatic carbocycles. The van der Waals surface area contributed by atoms with Gasteiger partial charge >= 0.3 is 5.97 Å². The number of carbonyl (C=O) groups excluding carboxylic acids is 3. The average Bonchev–Trinajstić information content (AvgIpc) is 3.08. The maximum atomic E-state index is 14.3. The van der Waals surface area contributed by atoms with E-state index in [2.05, 4.69) is 13.8 Å². The van der Waals surface area contributed by atoms with Gasteiger partial charge in [0.1, 0.15) is 6.04 Å². The largest absolute Gasteiger partial charge is 0.465 e. The molecule has 0 aromatic heterocycles. The van der Waals surface area contributed by atoms with Crippen molar-refractivity contribution in [3.63, 3.8) is 0 Å². The van der Waals surface area contributed by atoms with Crippen molar-refractivity contribution in [2.24, 2.45) is 17.8 Å². The first kappa shape index (κ1) is 25.3. The van der Waals surface area contributed by atoms with Gasteiger partial charge in [-0.25, -0.2) is 0 Å². The molecule has 1 N–H and O–H groups in total. The summed E-state index contributed by atoms with van der Waals surface area (Å²) in [6, 6.07) is -1.26. The molecule has 2 unspecified atom stereocenters. The Kier molecular flexibility index (Phi) is 6.95. The molecule has 4 rings (SSSR count). The number of esters is 1. The molecule has 2 saturated heterocycles. The first-order valence-electron chi connectivity index (χ1n) is 12.6. The third-order valence-corrected chi connectivity index (χ3v) is 9.84. The van der Waals surface area contributed by atoms with Crippen molar-refractivity contribution < 1.29 is 24.2 Å². The Bertz CT molecular complexity index is 904. The Balaban J connectivity index is 1.90. The number of aliphatic hydroxyl groups excluding tert-OH is 1. The van der Waals surface area contributed by atoms with Gasteiger partial charge in [-0.3, -0.25) is 14.4 Å². The molecule has 34 heavy (non-hydrogen) atoms. The van der Waals surface area contributed by atoms with E-state index in [1.807, 2.05) is 50.0 Å². The summed E-state index contributed by atoms with van der Waals surface area (Å²) in [5, 5.41) is 10.3. The fourth-order valence-electron chi connectivity index (χ4n) is 6.39. The van der Waals surface area contributed by atoms with Crippen LogP contribution in [-0.2, 0) is 19.1 Å². The molecular weight excluding hydrogens is 452 g/mol. The lowest BCUT2D eigenvalue weighted by Crippen LogP contribution is -2.59. The number of thioether (sulfide) groups is 1. The number of hydrogen-bond donors (Lipinski definition) is 1. The van der Waals surface area contributed by atoms with Gasteiger partial charge in [0.2, 0.25) is 11.8 Å². The second kappa shape index (κ2) is 9.34. The molecule has 8 heteroatoms. The molecule has 4 heterocycles. The van der Waals surface area contributed by atoms with Crippen LogP contribution in [0.25, 0.3) is 0 Å². The summed E-state index contributed by atoms with van der Waals surface area (Å²) in [5.41, 5.74) is 0. The van der Waals surface area contributed by atoms with Crippen molar-refractivity contribution in [3.8, 4) is 0 Å². The summed E-state index contributed by atoms with van der Waals surface area (Å²) in [4.78, 5) is 45.3. The summed E-state index contributed by atoms with van der Waals surface area (Å²) < 4.78 is 4.01. The molecule has 7 nitrogen and oxygen atoms in total. The topological polar surface area (TPSA) is 87.2 Å². The van der Waals surface area contributed by atoms with Gasteiger partial charge in [-0.05, 0) is 32.6 Å². The predicted molar refractivity (Wildman–Crippen MR) is 132 cm³/mol. The van der Waals surface area contributed by atoms with Crippen molar-refractivity contribution in [3.05, 3.63) is 24.3 Å². The van der Waals surface area contributed by atoms with Gasteiger partial charge in [0.15, 0.2) is 0 Å². The Morgan fingerprint density at radius 2 is 1.88 bits per heavy atom. The second-order valence-corrected chi connectivity index (χ2v) is 12.4. The van der Waals surface area contributed by atoms with Gasteiger partial charge in [-0.15, -0.1) is 11.8 Å². The first-order chi connectivity index (χ1) is 16.1. The zero-order chi connectivity index (χ0) is 24.8. The van der Waals surface area contributed by atoms with E-state index in [0.717, 1.165) is 12.8 Å². The van der Waals surface area contributed by atoms with E-state index in [9.17, 15) is 19.5 Å². The number of cyclic esters (lactones) is 1. The summed E-state index contributed by atoms with van der Waals surface area (Å²) >= 11 is 1.55. The van der Waals surface area contributed by atoms with Gasteiger partial charge in [-0.2, -0.15) is 0 Å². The minimum Gasteiger partial charge on any atom is -0.465 e. The number of hydrogen-bond acceptors (Lipinski definition) is 6. The predicted octanol–water partition coefficient (Wildman–Crippen LogP) is 2.78. The van der Waals surface area contributed by atoms with E-state index in [-0.39, 0.29) is 43.0 Å². The Morgan fingerprint density at radius 3 is 2.53 bits per heavy atom. The number of amides is 2. The molecule has 7 atom stereocenters. The van der Waals surface area contributed by atoms with E-state index in [4.69, 9.17) is 4.74 Å². The highest BCUT2D eigenvalue weighted by atomic mass is 32.2. The minimum absolute atomic E-state index is 0.0282. The molecule has 4 aliphatic heterocycles. The molecule has 188 valence electrons. The van der Waals surface area contributed by atoms with Crippen LogP contribution < -0.4 is 0 Å². The Labute approximate surface area is 206 Å². The third kappa shape index (κ3) is 3.72. The quantitative estimate of drug-likeness (QED) is 0.455. The maximum absolute atomic E-state index is 14.3. The summed E-state index contributed by atoms with van der Waals surface area (Å²) in [7, 11) is 0. The van der Waals surface area contributed by atoms with Crippen LogP contribution >= 0.6 is 11.8 Å². The highest BCUT2D eigenvalue weighted by molar-refractivity contribution is 8.02. The molecule has 0 radical (unpaired) electrons. The zero-order valence-electron chi connectivity index (χ0n) is 20.9. The van der Waals surface area contributed by atoms with Crippen LogP contribution in [-0.4, -0.2) is 80.1 Å². The molecule has 1 spiro atoms. The highest BCUT2D eigenvalue weighted by Crippen LogP contribution is 2.65. The van der Waals surface area contributed by atoms with E-state index in [0.29, 0.717) is 13.0 Å². The lowest BCUT2D eigenvalue weighted by Gasteiger charge is -2.42. The number of nitrogens with zero attached hydrogens (tertiary/aromatic N) is 2. The molecule has 2 amide bonds. The normalized spacial score (nSPS) is 37.0. The average molecular weight is 491 g/mol. The van der Waals surface area contributed by atoms with E-state index < -0.39 is 33.4 Å². The SMILES string of the molecule is CCCC(C)N1CC=C[C@]23S[C@]4(C)C=CCCOC(=O)[C@@H]4[C@H]2C(=O)N([C@@H](CO)C(C)C)C3C1=O. The van der Waals surface area contributed by atoms with Crippen LogP contribution in [0, 0.1) is 17.8 Å². The Morgan fingerprint density at radius 1 is 1.15 bits per heavy atom. The molecule has 0 aromatic rings. The van der Waals surface area contributed by atoms with Crippen LogP contribution in [0.1, 0.15) is 53.9 Å². The molecule has 4 aliphatic rings. The van der Waals surface area contributed by atoms with Crippen LogP contribution in [0.5, 0.6) is 0 Å². The monoisotopic (exact) mass is 490 g/mol. The zero-order valence-corrected chi connectivity index (χ0v) is 21.7. The summed E-state index contributed by atoms with van der Waals surface area (Å²) in [5.74, 6) is -2.17. The van der Waals surface area contributed by atoms with Crippen molar-refractivity contribution in [2.75, 3.05) is 19.8 Å². The van der Waals surface area contributed by atoms with E-state index >= 15 is 0 Å². The molecule has 0 aromatic carbocycles. The number of rotatable bonds is 6. The third-order valence-electron chi connectivity index (χ3n) is 8.04. The van der Waals surface area contributed by atoms with Crippen LogP contribution in [0.4, 0.5) is 0 Å². The van der Waals surface area contributed by atoms with Gasteiger partial charge < -0.3 is 19.6 Å². The maximum Gasteiger partial charge on any atom is 0.311 e. The number of carbonyl (C=O) groups is 3. The van der Waals surface area contributed by atoms with Crippen LogP contribution in [0.2, 0.25) is 0 Å². The van der Waals surface area contributed by atoms with Gasteiger partial charge in [0, 0.05) is 17.3 Å². The Hall–Kier alpha value is -1.80. The van der Waals surface area contributed by atoms with Crippen molar-refractivity contribution in [2.45, 2.75) is 81.5 Å². The molecular formula is C26H38N2O5S. The lowest BCUT2D eigenvalue weighted by molar-refractivity contribution is -0.155. The standard InChI is InChI=1S/C26H38N2O5S/c1-6-10-17(4)27-13-9-12-26-19(20-24(32)33-14-8-7-11-25(20,5)34-26)22(30)28(21(26)23(27)31)18(15-29)16(2)3/h7,9,11-12,16-21,29H,6,8,10,13-15H2,1-5H3/t17?,18-,19-,20-,21?,25+,26-/m0/s1. The smallest absolute Gasteiger partial charge is 0.311 e. The highest BCUT2D eigenvalue weighted by Gasteiger charge is 2.74. The van der Waals surface area contributed by atoms with Gasteiger partial charge in [0.25, 0.3) is 0 Å². The number of likely N-dealkylation sites (tertiary alicyclic amines) is 1. The first-order valence-corrected chi connectivity index (χ1v) is 13.4. The molecule has 2 fully saturated rings. The lowest BCUT2D eigenvalue weighted by atomic mass is 9.74. The summed E-state index contributed by atoms with van der Waals surface area (Å²) in [6.07, 6.45) is 10.5. The van der Waals surface area contributed by atoms with E-state index in [1.54, 1.807) is 16.7 Å². The molecule has 0 bridgehead atoms. The number of aliphatic hydroxyl groups is 1. The number of fused-ring (bicyclic) bond motifs is 2. The van der Waals surface area contributed by atoms with Gasteiger partial charge in [0.05, 0.1) is 35.8 Å². The fraction of sp³-hybridized carbons (Fsp3) is 0.731. The fourth-order valence-corrected chi connectivity index (χ4v) is 8.53. The molecule has 0 saturated carbocycles. The second-order valence-electron chi connectivity index (χ2n) is 10.6. The van der Waals surface area contributed by atoms with Crippen molar-refractivity contribution >= 4 is 29.5 Å². The summed E-state index contributed by atoms with van der Waals surface area (Å²) in [6.45, 7) is 10.6. The van der Waals surface area contributed by atoms with Gasteiger partial charge in [-0.1, -0.05) is 51.5 Å². The van der Waals surface area contributed by atoms with Crippen LogP contribution in [0.15, 0.2) is 24.3 Å². The number of ether oxygens (including phenoxy) is 1. The van der Waals surface area contributed by atoms with E-state index in [1.165, 1.54) is 0 Å². The van der Waals surface area contributed by atoms with Crippen LogP contribution in [0.3, 0.4) is 0 Å². The van der Waals surface area contributed by atoms with Crippen molar-refractivity contribution in [1.29, 1.82) is 0 Å². The minimum atomic E-state index is -0.899.